The SMILES string of the molecule is Cc1cc(C)n(-c2cccc(NC(=O)c3cc4c([nH]c3=O)CC(C)(C)CC4=O)c2)n1. The van der Waals surface area contributed by atoms with Crippen LogP contribution in [0.4, 0.5) is 5.69 Å². The first-order valence-electron chi connectivity index (χ1n) is 9.87. The van der Waals surface area contributed by atoms with E-state index in [1.807, 2.05) is 45.9 Å². The average molecular weight is 404 g/mol. The number of hydrogen-bond acceptors (Lipinski definition) is 4. The molecule has 1 aromatic carbocycles. The zero-order valence-corrected chi connectivity index (χ0v) is 17.5. The average Bonchev–Trinajstić information content (AvgIpc) is 2.98. The number of Topliss-reactive ketones (excluding diaryl/α,β-unsaturated/α-hetero) is 1. The van der Waals surface area contributed by atoms with Gasteiger partial charge in [-0.25, -0.2) is 4.68 Å². The molecule has 7 heteroatoms. The van der Waals surface area contributed by atoms with E-state index in [1.54, 1.807) is 16.8 Å². The summed E-state index contributed by atoms with van der Waals surface area (Å²) in [5, 5.41) is 7.21. The summed E-state index contributed by atoms with van der Waals surface area (Å²) in [5.41, 5.74) is 3.47. The van der Waals surface area contributed by atoms with Gasteiger partial charge in [-0.05, 0) is 56.0 Å². The molecule has 0 fully saturated rings. The van der Waals surface area contributed by atoms with Crippen molar-refractivity contribution in [1.82, 2.24) is 14.8 Å². The third kappa shape index (κ3) is 3.70. The van der Waals surface area contributed by atoms with Crippen molar-refractivity contribution >= 4 is 17.4 Å². The minimum atomic E-state index is -0.554. The third-order valence-corrected chi connectivity index (χ3v) is 5.32. The van der Waals surface area contributed by atoms with Crippen molar-refractivity contribution in [2.75, 3.05) is 5.32 Å². The van der Waals surface area contributed by atoms with Gasteiger partial charge in [0.2, 0.25) is 0 Å². The first kappa shape index (κ1) is 19.8. The van der Waals surface area contributed by atoms with Crippen LogP contribution in [0.1, 0.15) is 58.1 Å². The summed E-state index contributed by atoms with van der Waals surface area (Å²) in [7, 11) is 0. The van der Waals surface area contributed by atoms with Crippen molar-refractivity contribution in [2.45, 2.75) is 40.5 Å². The van der Waals surface area contributed by atoms with E-state index in [0.29, 0.717) is 29.8 Å². The molecule has 0 bridgehead atoms. The number of carbonyl (C=O) groups is 2. The van der Waals surface area contributed by atoms with Crippen LogP contribution in [0.5, 0.6) is 0 Å². The van der Waals surface area contributed by atoms with Crippen molar-refractivity contribution in [3.05, 3.63) is 75.0 Å². The van der Waals surface area contributed by atoms with Gasteiger partial charge in [0, 0.05) is 29.1 Å². The Morgan fingerprint density at radius 2 is 1.90 bits per heavy atom. The van der Waals surface area contributed by atoms with E-state index in [1.165, 1.54) is 6.07 Å². The number of anilines is 1. The zero-order chi connectivity index (χ0) is 21.6. The Bertz CT molecular complexity index is 1230. The van der Waals surface area contributed by atoms with Crippen molar-refractivity contribution in [1.29, 1.82) is 0 Å². The van der Waals surface area contributed by atoms with Gasteiger partial charge in [-0.3, -0.25) is 14.4 Å². The molecular weight excluding hydrogens is 380 g/mol. The quantitative estimate of drug-likeness (QED) is 0.697. The maximum Gasteiger partial charge on any atom is 0.261 e. The minimum absolute atomic E-state index is 0.0573. The maximum atomic E-state index is 12.8. The van der Waals surface area contributed by atoms with E-state index < -0.39 is 11.5 Å². The van der Waals surface area contributed by atoms with Gasteiger partial charge in [0.25, 0.3) is 11.5 Å². The van der Waals surface area contributed by atoms with E-state index >= 15 is 0 Å². The van der Waals surface area contributed by atoms with Gasteiger partial charge >= 0.3 is 0 Å². The van der Waals surface area contributed by atoms with Gasteiger partial charge in [0.15, 0.2) is 5.78 Å². The first-order valence-corrected chi connectivity index (χ1v) is 9.87. The smallest absolute Gasteiger partial charge is 0.261 e. The summed E-state index contributed by atoms with van der Waals surface area (Å²) in [6, 6.07) is 10.6. The van der Waals surface area contributed by atoms with E-state index in [4.69, 9.17) is 0 Å². The summed E-state index contributed by atoms with van der Waals surface area (Å²) in [6.07, 6.45) is 0.980. The molecule has 2 heterocycles. The Morgan fingerprint density at radius 3 is 2.60 bits per heavy atom. The number of pyridine rings is 1. The lowest BCUT2D eigenvalue weighted by atomic mass is 9.75. The highest BCUT2D eigenvalue weighted by Gasteiger charge is 2.32. The summed E-state index contributed by atoms with van der Waals surface area (Å²) < 4.78 is 1.79. The van der Waals surface area contributed by atoms with E-state index in [9.17, 15) is 14.4 Å². The Hall–Kier alpha value is -3.48. The van der Waals surface area contributed by atoms with E-state index in [0.717, 1.165) is 17.1 Å². The van der Waals surface area contributed by atoms with Crippen LogP contribution in [0.2, 0.25) is 0 Å². The van der Waals surface area contributed by atoms with Crippen LogP contribution in [0.15, 0.2) is 41.2 Å². The number of aromatic nitrogens is 3. The number of nitrogens with one attached hydrogen (secondary N) is 2. The summed E-state index contributed by atoms with van der Waals surface area (Å²) in [6.45, 7) is 7.85. The van der Waals surface area contributed by atoms with Crippen molar-refractivity contribution in [3.63, 3.8) is 0 Å². The molecule has 2 aromatic heterocycles. The Kier molecular flexibility index (Phi) is 4.68. The molecular formula is C23H24N4O3. The molecule has 1 aliphatic carbocycles. The molecule has 0 atom stereocenters. The summed E-state index contributed by atoms with van der Waals surface area (Å²) in [5.74, 6) is -0.611. The zero-order valence-electron chi connectivity index (χ0n) is 17.5. The number of fused-ring (bicyclic) bond motifs is 1. The number of aryl methyl sites for hydroxylation is 2. The molecule has 4 rings (SSSR count). The Morgan fingerprint density at radius 1 is 1.13 bits per heavy atom. The highest BCUT2D eigenvalue weighted by atomic mass is 16.2. The molecule has 0 aliphatic heterocycles. The lowest BCUT2D eigenvalue weighted by molar-refractivity contribution is 0.0910. The molecule has 30 heavy (non-hydrogen) atoms. The second-order valence-electron chi connectivity index (χ2n) is 8.69. The minimum Gasteiger partial charge on any atom is -0.325 e. The van der Waals surface area contributed by atoms with Gasteiger partial charge in [-0.2, -0.15) is 5.10 Å². The van der Waals surface area contributed by atoms with Crippen LogP contribution in [-0.2, 0) is 6.42 Å². The fourth-order valence-corrected chi connectivity index (χ4v) is 4.00. The van der Waals surface area contributed by atoms with Crippen LogP contribution in [0.3, 0.4) is 0 Å². The molecule has 154 valence electrons. The van der Waals surface area contributed by atoms with Crippen LogP contribution >= 0.6 is 0 Å². The van der Waals surface area contributed by atoms with E-state index in [-0.39, 0.29) is 16.8 Å². The van der Waals surface area contributed by atoms with Crippen LogP contribution in [-0.4, -0.2) is 26.5 Å². The Balaban J connectivity index is 1.63. The van der Waals surface area contributed by atoms with E-state index in [2.05, 4.69) is 15.4 Å². The van der Waals surface area contributed by atoms with Crippen molar-refractivity contribution < 1.29 is 9.59 Å². The molecule has 0 radical (unpaired) electrons. The lowest BCUT2D eigenvalue weighted by Crippen LogP contribution is -2.32. The molecule has 0 saturated carbocycles. The standard InChI is InChI=1S/C23H24N4O3/c1-13-8-14(2)27(26-13)16-7-5-6-15(9-16)24-21(29)18-10-17-19(25-22(18)30)11-23(3,4)12-20(17)28/h5-10H,11-12H2,1-4H3,(H,24,29)(H,25,30). The van der Waals surface area contributed by atoms with Gasteiger partial charge in [0.1, 0.15) is 5.56 Å². The van der Waals surface area contributed by atoms with Crippen LogP contribution in [0.25, 0.3) is 5.69 Å². The number of amides is 1. The lowest BCUT2D eigenvalue weighted by Gasteiger charge is -2.29. The summed E-state index contributed by atoms with van der Waals surface area (Å²) in [4.78, 5) is 40.6. The molecule has 1 amide bonds. The fraction of sp³-hybridized carbons (Fsp3) is 0.304. The monoisotopic (exact) mass is 404 g/mol. The van der Waals surface area contributed by atoms with Crippen molar-refractivity contribution in [2.24, 2.45) is 5.41 Å². The summed E-state index contributed by atoms with van der Waals surface area (Å²) >= 11 is 0. The number of hydrogen-bond donors (Lipinski definition) is 2. The molecule has 1 aliphatic rings. The predicted octanol–water partition coefficient (Wildman–Crippen LogP) is 3.58. The number of ketones is 1. The number of H-pyrrole nitrogens is 1. The van der Waals surface area contributed by atoms with Crippen molar-refractivity contribution in [3.8, 4) is 5.69 Å². The third-order valence-electron chi connectivity index (χ3n) is 5.32. The van der Waals surface area contributed by atoms with Gasteiger partial charge in [0.05, 0.1) is 11.4 Å². The molecule has 0 saturated heterocycles. The van der Waals surface area contributed by atoms with Crippen LogP contribution < -0.4 is 10.9 Å². The number of nitrogens with zero attached hydrogens (tertiary/aromatic N) is 2. The molecule has 7 nitrogen and oxygen atoms in total. The fourth-order valence-electron chi connectivity index (χ4n) is 4.00. The highest BCUT2D eigenvalue weighted by Crippen LogP contribution is 2.33. The van der Waals surface area contributed by atoms with Gasteiger partial charge in [-0.1, -0.05) is 19.9 Å². The van der Waals surface area contributed by atoms with Gasteiger partial charge < -0.3 is 10.3 Å². The second-order valence-corrected chi connectivity index (χ2v) is 8.69. The normalized spacial score (nSPS) is 15.0. The largest absolute Gasteiger partial charge is 0.325 e. The number of aromatic amines is 1. The second kappa shape index (κ2) is 7.09. The first-order chi connectivity index (χ1) is 14.1. The number of benzene rings is 1. The Labute approximate surface area is 174 Å². The molecule has 2 N–H and O–H groups in total. The number of rotatable bonds is 3. The van der Waals surface area contributed by atoms with Gasteiger partial charge in [-0.15, -0.1) is 0 Å². The highest BCUT2D eigenvalue weighted by molar-refractivity contribution is 6.06. The topological polar surface area (TPSA) is 96.9 Å². The molecule has 0 spiro atoms. The number of carbonyl (C=O) groups excluding carboxylic acids is 2. The predicted molar refractivity (Wildman–Crippen MR) is 114 cm³/mol. The van der Waals surface area contributed by atoms with Crippen LogP contribution in [0, 0.1) is 19.3 Å². The molecule has 0 unspecified atom stereocenters. The molecule has 3 aromatic rings. The maximum absolute atomic E-state index is 12.8.